The van der Waals surface area contributed by atoms with Crippen LogP contribution in [0.25, 0.3) is 22.2 Å². The Hall–Kier alpha value is -2.15. The molecule has 3 aromatic rings. The van der Waals surface area contributed by atoms with E-state index in [1.54, 1.807) is 0 Å². The lowest BCUT2D eigenvalue weighted by Gasteiger charge is -2.28. The van der Waals surface area contributed by atoms with E-state index in [1.165, 1.54) is 22.1 Å². The molecule has 0 fully saturated rings. The van der Waals surface area contributed by atoms with Crippen LogP contribution in [0, 0.1) is 6.92 Å². The van der Waals surface area contributed by atoms with Gasteiger partial charge < -0.3 is 0 Å². The van der Waals surface area contributed by atoms with Crippen molar-refractivity contribution >= 4 is 10.9 Å². The van der Waals surface area contributed by atoms with Crippen LogP contribution < -0.4 is 0 Å². The van der Waals surface area contributed by atoms with E-state index < -0.39 is 0 Å². The fourth-order valence-corrected chi connectivity index (χ4v) is 3.16. The molecule has 0 aliphatic rings. The van der Waals surface area contributed by atoms with Gasteiger partial charge in [-0.2, -0.15) is 0 Å². The summed E-state index contributed by atoms with van der Waals surface area (Å²) >= 11 is 0. The van der Waals surface area contributed by atoms with Crippen molar-refractivity contribution in [2.75, 3.05) is 0 Å². The second-order valence-electron chi connectivity index (χ2n) is 6.74. The lowest BCUT2D eigenvalue weighted by Crippen LogP contribution is -2.19. The van der Waals surface area contributed by atoms with Gasteiger partial charge >= 0.3 is 0 Å². The maximum atomic E-state index is 4.86. The Kier molecular flexibility index (Phi) is 4.21. The molecule has 1 heterocycles. The van der Waals surface area contributed by atoms with Crippen molar-refractivity contribution in [3.05, 3.63) is 65.7 Å². The standard InChI is InChI=1S/C22H25N/c1-5-22(4,6-2)19-14-16(3)13-18(15-19)21-12-11-17-9-7-8-10-20(17)23-21/h7-15H,5-6H2,1-4H3. The van der Waals surface area contributed by atoms with Crippen molar-refractivity contribution in [3.63, 3.8) is 0 Å². The summed E-state index contributed by atoms with van der Waals surface area (Å²) < 4.78 is 0. The zero-order valence-electron chi connectivity index (χ0n) is 14.6. The SMILES string of the molecule is CCC(C)(CC)c1cc(C)cc(-c2ccc3ccccc3n2)c1. The molecule has 0 spiro atoms. The van der Waals surface area contributed by atoms with Gasteiger partial charge in [0.15, 0.2) is 0 Å². The quantitative estimate of drug-likeness (QED) is 0.552. The van der Waals surface area contributed by atoms with E-state index >= 15 is 0 Å². The Morgan fingerprint density at radius 2 is 1.65 bits per heavy atom. The summed E-state index contributed by atoms with van der Waals surface area (Å²) in [7, 11) is 0. The molecule has 0 saturated carbocycles. The van der Waals surface area contributed by atoms with Crippen molar-refractivity contribution in [1.82, 2.24) is 4.98 Å². The summed E-state index contributed by atoms with van der Waals surface area (Å²) in [4.78, 5) is 4.86. The first-order chi connectivity index (χ1) is 11.1. The monoisotopic (exact) mass is 303 g/mol. The Bertz CT molecular complexity index is 828. The van der Waals surface area contributed by atoms with Crippen LogP contribution in [0.4, 0.5) is 0 Å². The third kappa shape index (κ3) is 3.01. The summed E-state index contributed by atoms with van der Waals surface area (Å²) in [6.45, 7) is 9.10. The van der Waals surface area contributed by atoms with Crippen molar-refractivity contribution in [1.29, 1.82) is 0 Å². The predicted octanol–water partition coefficient (Wildman–Crippen LogP) is 6.29. The van der Waals surface area contributed by atoms with Crippen LogP contribution >= 0.6 is 0 Å². The Labute approximate surface area is 139 Å². The summed E-state index contributed by atoms with van der Waals surface area (Å²) in [6, 6.07) is 19.5. The van der Waals surface area contributed by atoms with Gasteiger partial charge in [-0.05, 0) is 55.0 Å². The smallest absolute Gasteiger partial charge is 0.0709 e. The molecule has 1 nitrogen and oxygen atoms in total. The van der Waals surface area contributed by atoms with Gasteiger partial charge in [-0.25, -0.2) is 4.98 Å². The minimum absolute atomic E-state index is 0.234. The number of aryl methyl sites for hydroxylation is 1. The molecule has 1 heteroatoms. The second kappa shape index (κ2) is 6.16. The van der Waals surface area contributed by atoms with Crippen LogP contribution in [0.2, 0.25) is 0 Å². The van der Waals surface area contributed by atoms with Crippen molar-refractivity contribution in [3.8, 4) is 11.3 Å². The molecule has 0 aliphatic heterocycles. The zero-order chi connectivity index (χ0) is 16.4. The highest BCUT2D eigenvalue weighted by Gasteiger charge is 2.23. The van der Waals surface area contributed by atoms with E-state index in [-0.39, 0.29) is 5.41 Å². The topological polar surface area (TPSA) is 12.9 Å². The van der Waals surface area contributed by atoms with E-state index in [2.05, 4.69) is 76.2 Å². The summed E-state index contributed by atoms with van der Waals surface area (Å²) in [6.07, 6.45) is 2.30. The summed E-state index contributed by atoms with van der Waals surface area (Å²) in [5, 5.41) is 1.19. The molecule has 118 valence electrons. The molecule has 0 aliphatic carbocycles. The predicted molar refractivity (Wildman–Crippen MR) is 99.9 cm³/mol. The van der Waals surface area contributed by atoms with Gasteiger partial charge in [0, 0.05) is 10.9 Å². The number of pyridine rings is 1. The summed E-state index contributed by atoms with van der Waals surface area (Å²) in [5.74, 6) is 0. The molecule has 0 unspecified atom stereocenters. The minimum Gasteiger partial charge on any atom is -0.248 e. The molecule has 0 saturated heterocycles. The maximum absolute atomic E-state index is 4.86. The molecule has 0 bridgehead atoms. The first-order valence-electron chi connectivity index (χ1n) is 8.54. The Morgan fingerprint density at radius 1 is 0.913 bits per heavy atom. The normalized spacial score (nSPS) is 11.8. The number of benzene rings is 2. The van der Waals surface area contributed by atoms with Gasteiger partial charge in [0.2, 0.25) is 0 Å². The molecule has 0 amide bonds. The van der Waals surface area contributed by atoms with Crippen LogP contribution in [-0.4, -0.2) is 4.98 Å². The third-order valence-corrected chi connectivity index (χ3v) is 5.23. The molecule has 23 heavy (non-hydrogen) atoms. The molecule has 0 radical (unpaired) electrons. The van der Waals surface area contributed by atoms with Gasteiger partial charge in [-0.1, -0.05) is 56.7 Å². The lowest BCUT2D eigenvalue weighted by atomic mass is 9.77. The largest absolute Gasteiger partial charge is 0.248 e. The van der Waals surface area contributed by atoms with Crippen molar-refractivity contribution in [2.45, 2.75) is 46.0 Å². The average molecular weight is 303 g/mol. The van der Waals surface area contributed by atoms with E-state index in [9.17, 15) is 0 Å². The van der Waals surface area contributed by atoms with Crippen LogP contribution in [0.1, 0.15) is 44.7 Å². The van der Waals surface area contributed by atoms with Crippen LogP contribution in [-0.2, 0) is 5.41 Å². The van der Waals surface area contributed by atoms with Gasteiger partial charge in [-0.3, -0.25) is 0 Å². The number of hydrogen-bond acceptors (Lipinski definition) is 1. The molecular weight excluding hydrogens is 278 g/mol. The lowest BCUT2D eigenvalue weighted by molar-refractivity contribution is 0.439. The maximum Gasteiger partial charge on any atom is 0.0709 e. The molecule has 1 aromatic heterocycles. The number of rotatable bonds is 4. The fourth-order valence-electron chi connectivity index (χ4n) is 3.16. The number of para-hydroxylation sites is 1. The van der Waals surface area contributed by atoms with Gasteiger partial charge in [0.1, 0.15) is 0 Å². The highest BCUT2D eigenvalue weighted by molar-refractivity contribution is 5.81. The zero-order valence-corrected chi connectivity index (χ0v) is 14.6. The number of fused-ring (bicyclic) bond motifs is 1. The van der Waals surface area contributed by atoms with Crippen LogP contribution in [0.15, 0.2) is 54.6 Å². The van der Waals surface area contributed by atoms with E-state index in [1.807, 2.05) is 6.07 Å². The van der Waals surface area contributed by atoms with Gasteiger partial charge in [-0.15, -0.1) is 0 Å². The minimum atomic E-state index is 0.234. The van der Waals surface area contributed by atoms with Crippen molar-refractivity contribution in [2.24, 2.45) is 0 Å². The number of hydrogen-bond donors (Lipinski definition) is 0. The Balaban J connectivity index is 2.13. The average Bonchev–Trinajstić information content (AvgIpc) is 2.60. The van der Waals surface area contributed by atoms with E-state index in [0.717, 1.165) is 24.1 Å². The van der Waals surface area contributed by atoms with Crippen LogP contribution in [0.5, 0.6) is 0 Å². The highest BCUT2D eigenvalue weighted by atomic mass is 14.7. The van der Waals surface area contributed by atoms with E-state index in [0.29, 0.717) is 0 Å². The van der Waals surface area contributed by atoms with Gasteiger partial charge in [0.05, 0.1) is 11.2 Å². The molecule has 3 rings (SSSR count). The van der Waals surface area contributed by atoms with Gasteiger partial charge in [0.25, 0.3) is 0 Å². The highest BCUT2D eigenvalue weighted by Crippen LogP contribution is 2.34. The second-order valence-corrected chi connectivity index (χ2v) is 6.74. The third-order valence-electron chi connectivity index (χ3n) is 5.23. The van der Waals surface area contributed by atoms with Crippen molar-refractivity contribution < 1.29 is 0 Å². The first-order valence-corrected chi connectivity index (χ1v) is 8.54. The molecule has 0 atom stereocenters. The number of nitrogens with zero attached hydrogens (tertiary/aromatic N) is 1. The first kappa shape index (κ1) is 15.7. The fraction of sp³-hybridized carbons (Fsp3) is 0.318. The molecular formula is C22H25N. The summed E-state index contributed by atoms with van der Waals surface area (Å²) in [5.41, 5.74) is 6.30. The number of aromatic nitrogens is 1. The molecule has 0 N–H and O–H groups in total. The van der Waals surface area contributed by atoms with Crippen LogP contribution in [0.3, 0.4) is 0 Å². The molecule has 2 aromatic carbocycles. The Morgan fingerprint density at radius 3 is 2.39 bits per heavy atom. The van der Waals surface area contributed by atoms with E-state index in [4.69, 9.17) is 4.98 Å².